The molecule has 2 fully saturated rings. The predicted molar refractivity (Wildman–Crippen MR) is 127 cm³/mol. The Balaban J connectivity index is 1.33. The van der Waals surface area contributed by atoms with Gasteiger partial charge in [0.1, 0.15) is 0 Å². The van der Waals surface area contributed by atoms with E-state index in [0.717, 1.165) is 11.1 Å². The minimum absolute atomic E-state index is 0.0167. The molecule has 2 aromatic carbocycles. The summed E-state index contributed by atoms with van der Waals surface area (Å²) in [5.74, 6) is -0.468. The number of amides is 2. The monoisotopic (exact) mass is 467 g/mol. The zero-order valence-corrected chi connectivity index (χ0v) is 19.5. The number of sulfonamides is 1. The number of benzene rings is 2. The Morgan fingerprint density at radius 2 is 1.58 bits per heavy atom. The minimum Gasteiger partial charge on any atom is -0.340 e. The number of piperazine rings is 1. The van der Waals surface area contributed by atoms with E-state index in [1.807, 2.05) is 67.6 Å². The van der Waals surface area contributed by atoms with E-state index in [9.17, 15) is 18.0 Å². The molecule has 33 heavy (non-hydrogen) atoms. The number of hydrogen-bond donors (Lipinski definition) is 0. The summed E-state index contributed by atoms with van der Waals surface area (Å²) in [5, 5.41) is 1.22. The van der Waals surface area contributed by atoms with Crippen molar-refractivity contribution in [2.45, 2.75) is 19.4 Å². The average Bonchev–Trinajstić information content (AvgIpc) is 3.24. The van der Waals surface area contributed by atoms with Crippen molar-refractivity contribution in [1.82, 2.24) is 14.1 Å². The second kappa shape index (κ2) is 9.89. The first-order valence-electron chi connectivity index (χ1n) is 11.2. The van der Waals surface area contributed by atoms with Gasteiger partial charge in [-0.25, -0.2) is 8.42 Å². The smallest absolute Gasteiger partial charge is 0.236 e. The summed E-state index contributed by atoms with van der Waals surface area (Å²) in [5.41, 5.74) is 1.86. The molecule has 174 valence electrons. The third-order valence-corrected chi connectivity index (χ3v) is 7.96. The summed E-state index contributed by atoms with van der Waals surface area (Å²) in [6, 6.07) is 19.0. The molecule has 0 aromatic heterocycles. The normalized spacial score (nSPS) is 21.0. The molecule has 2 amide bonds. The molecule has 7 nitrogen and oxygen atoms in total. The van der Waals surface area contributed by atoms with Gasteiger partial charge in [-0.3, -0.25) is 9.59 Å². The van der Waals surface area contributed by atoms with Gasteiger partial charge in [0.25, 0.3) is 0 Å². The molecule has 2 aliphatic rings. The van der Waals surface area contributed by atoms with Gasteiger partial charge < -0.3 is 9.80 Å². The Morgan fingerprint density at radius 3 is 2.21 bits per heavy atom. The molecule has 0 bridgehead atoms. The van der Waals surface area contributed by atoms with E-state index < -0.39 is 10.0 Å². The molecule has 2 aliphatic heterocycles. The summed E-state index contributed by atoms with van der Waals surface area (Å²) in [7, 11) is -3.56. The lowest BCUT2D eigenvalue weighted by Crippen LogP contribution is -2.51. The third-order valence-electron chi connectivity index (χ3n) is 6.40. The molecule has 0 aliphatic carbocycles. The lowest BCUT2D eigenvalue weighted by molar-refractivity contribution is -0.137. The number of rotatable bonds is 6. The molecule has 0 spiro atoms. The molecular weight excluding hydrogens is 438 g/mol. The average molecular weight is 468 g/mol. The fraction of sp³-hybridized carbons (Fsp3) is 0.360. The van der Waals surface area contributed by atoms with Crippen LogP contribution in [0.4, 0.5) is 0 Å². The lowest BCUT2D eigenvalue weighted by Gasteiger charge is -2.34. The first-order valence-corrected chi connectivity index (χ1v) is 12.7. The summed E-state index contributed by atoms with van der Waals surface area (Å²) < 4.78 is 26.7. The van der Waals surface area contributed by atoms with E-state index in [0.29, 0.717) is 19.6 Å². The van der Waals surface area contributed by atoms with Gasteiger partial charge >= 0.3 is 0 Å². The van der Waals surface area contributed by atoms with Crippen LogP contribution in [0.2, 0.25) is 0 Å². The van der Waals surface area contributed by atoms with E-state index in [2.05, 4.69) is 0 Å². The molecule has 8 heteroatoms. The van der Waals surface area contributed by atoms with Crippen molar-refractivity contribution in [3.05, 3.63) is 77.2 Å². The maximum absolute atomic E-state index is 13.1. The highest BCUT2D eigenvalue weighted by Gasteiger charge is 2.39. The van der Waals surface area contributed by atoms with Crippen molar-refractivity contribution in [2.24, 2.45) is 5.92 Å². The highest BCUT2D eigenvalue weighted by Crippen LogP contribution is 2.29. The fourth-order valence-electron chi connectivity index (χ4n) is 4.42. The lowest BCUT2D eigenvalue weighted by atomic mass is 10.1. The fourth-order valence-corrected chi connectivity index (χ4v) is 5.59. The van der Waals surface area contributed by atoms with E-state index in [-0.39, 0.29) is 43.3 Å². The molecule has 0 N–H and O–H groups in total. The first-order chi connectivity index (χ1) is 15.8. The largest absolute Gasteiger partial charge is 0.340 e. The molecular formula is C25H29N3O4S. The summed E-state index contributed by atoms with van der Waals surface area (Å²) in [6.07, 6.45) is 1.79. The van der Waals surface area contributed by atoms with Crippen LogP contribution in [0.25, 0.3) is 6.08 Å². The van der Waals surface area contributed by atoms with Gasteiger partial charge in [-0.15, -0.1) is 0 Å². The Kier molecular flexibility index (Phi) is 6.95. The van der Waals surface area contributed by atoms with Crippen molar-refractivity contribution >= 4 is 27.9 Å². The first kappa shape index (κ1) is 23.2. The van der Waals surface area contributed by atoms with Crippen LogP contribution in [0.1, 0.15) is 30.5 Å². The number of nitrogens with zero attached hydrogens (tertiary/aromatic N) is 3. The summed E-state index contributed by atoms with van der Waals surface area (Å²) in [4.78, 5) is 29.2. The van der Waals surface area contributed by atoms with Crippen LogP contribution in [0.3, 0.4) is 0 Å². The van der Waals surface area contributed by atoms with Crippen LogP contribution in [0, 0.1) is 5.92 Å². The zero-order valence-electron chi connectivity index (χ0n) is 18.7. The molecule has 2 aromatic rings. The number of hydrogen-bond acceptors (Lipinski definition) is 4. The van der Waals surface area contributed by atoms with Crippen LogP contribution >= 0.6 is 0 Å². The summed E-state index contributed by atoms with van der Waals surface area (Å²) >= 11 is 0. The quantitative estimate of drug-likeness (QED) is 0.655. The molecule has 4 rings (SSSR count). The number of carbonyl (C=O) groups excluding carboxylic acids is 2. The van der Waals surface area contributed by atoms with Gasteiger partial charge in [0.05, 0.1) is 12.0 Å². The summed E-state index contributed by atoms with van der Waals surface area (Å²) in [6.45, 7) is 3.53. The van der Waals surface area contributed by atoms with Crippen molar-refractivity contribution < 1.29 is 18.0 Å². The minimum atomic E-state index is -3.56. The number of likely N-dealkylation sites (tertiary alicyclic amines) is 1. The second-order valence-corrected chi connectivity index (χ2v) is 10.3. The predicted octanol–water partition coefficient (Wildman–Crippen LogP) is 2.74. The Morgan fingerprint density at radius 1 is 0.970 bits per heavy atom. The highest BCUT2D eigenvalue weighted by atomic mass is 32.2. The van der Waals surface area contributed by atoms with Crippen LogP contribution in [-0.4, -0.2) is 67.1 Å². The number of carbonyl (C=O) groups is 2. The Bertz CT molecular complexity index is 1110. The van der Waals surface area contributed by atoms with Crippen molar-refractivity contribution in [2.75, 3.05) is 32.7 Å². The van der Waals surface area contributed by atoms with Gasteiger partial charge in [-0.2, -0.15) is 4.31 Å². The molecule has 2 unspecified atom stereocenters. The third kappa shape index (κ3) is 5.34. The van der Waals surface area contributed by atoms with Crippen molar-refractivity contribution in [1.29, 1.82) is 0 Å². The highest BCUT2D eigenvalue weighted by molar-refractivity contribution is 7.92. The van der Waals surface area contributed by atoms with Crippen LogP contribution in [-0.2, 0) is 19.6 Å². The van der Waals surface area contributed by atoms with Gasteiger partial charge in [-0.1, -0.05) is 60.7 Å². The van der Waals surface area contributed by atoms with Gasteiger partial charge in [0.15, 0.2) is 0 Å². The molecule has 0 radical (unpaired) electrons. The zero-order chi connectivity index (χ0) is 23.4. The van der Waals surface area contributed by atoms with Crippen LogP contribution in [0.15, 0.2) is 66.1 Å². The van der Waals surface area contributed by atoms with Gasteiger partial charge in [0.2, 0.25) is 21.8 Å². The molecule has 2 saturated heterocycles. The topological polar surface area (TPSA) is 78.0 Å². The van der Waals surface area contributed by atoms with E-state index >= 15 is 0 Å². The van der Waals surface area contributed by atoms with Crippen molar-refractivity contribution in [3.8, 4) is 0 Å². The molecule has 2 atom stereocenters. The van der Waals surface area contributed by atoms with Crippen LogP contribution < -0.4 is 0 Å². The van der Waals surface area contributed by atoms with E-state index in [4.69, 9.17) is 0 Å². The van der Waals surface area contributed by atoms with Crippen LogP contribution in [0.5, 0.6) is 0 Å². The van der Waals surface area contributed by atoms with E-state index in [1.54, 1.807) is 15.9 Å². The van der Waals surface area contributed by atoms with Gasteiger partial charge in [0, 0.05) is 44.6 Å². The standard InChI is InChI=1S/C25H29N3O4S/c1-20(22-10-6-3-7-11-22)28-19-23(18-24(28)29)25(30)26-13-15-27(16-14-26)33(31,32)17-12-21-8-4-2-5-9-21/h2-12,17,20,23H,13-16,18-19H2,1H3/b17-12+. The Labute approximate surface area is 195 Å². The Hall–Kier alpha value is -2.97. The maximum Gasteiger partial charge on any atom is 0.236 e. The molecule has 0 saturated carbocycles. The second-order valence-electron chi connectivity index (χ2n) is 8.52. The molecule has 2 heterocycles. The maximum atomic E-state index is 13.1. The SMILES string of the molecule is CC(c1ccccc1)N1CC(C(=O)N2CCN(S(=O)(=O)/C=C/c3ccccc3)CC2)CC1=O. The van der Waals surface area contributed by atoms with Crippen molar-refractivity contribution in [3.63, 3.8) is 0 Å². The van der Waals surface area contributed by atoms with Gasteiger partial charge in [-0.05, 0) is 24.1 Å². The van der Waals surface area contributed by atoms with E-state index in [1.165, 1.54) is 9.71 Å².